The molecular formula is C28H29N3O6. The highest BCUT2D eigenvalue weighted by Crippen LogP contribution is 2.41. The van der Waals surface area contributed by atoms with E-state index in [-0.39, 0.29) is 11.3 Å². The molecule has 2 aromatic carbocycles. The number of ether oxygens (including phenoxy) is 3. The first kappa shape index (κ1) is 24.4. The fraction of sp³-hybridized carbons (Fsp3) is 0.321. The molecule has 1 fully saturated rings. The van der Waals surface area contributed by atoms with E-state index in [4.69, 9.17) is 14.2 Å². The highest BCUT2D eigenvalue weighted by Gasteiger charge is 2.45. The lowest BCUT2D eigenvalue weighted by molar-refractivity contribution is -0.139. The third kappa shape index (κ3) is 5.02. The lowest BCUT2D eigenvalue weighted by Crippen LogP contribution is -2.31. The summed E-state index contributed by atoms with van der Waals surface area (Å²) in [6, 6.07) is 11.6. The highest BCUT2D eigenvalue weighted by molar-refractivity contribution is 6.46. The SMILES string of the molecule is CCCOc1ccc(C2/C(=C(/O)c3ccc4c(c3)OCCO4)C(=O)C(=O)N2CCCn2ccnc2)cc1. The molecule has 5 rings (SSSR count). The molecule has 1 amide bonds. The molecule has 1 saturated heterocycles. The van der Waals surface area contributed by atoms with Crippen LogP contribution in [0.5, 0.6) is 17.2 Å². The number of rotatable bonds is 9. The molecule has 1 N–H and O–H groups in total. The smallest absolute Gasteiger partial charge is 0.295 e. The number of aryl methyl sites for hydroxylation is 1. The van der Waals surface area contributed by atoms with Crippen LogP contribution in [0, 0.1) is 0 Å². The van der Waals surface area contributed by atoms with Crippen molar-refractivity contribution >= 4 is 17.4 Å². The average Bonchev–Trinajstić information content (AvgIpc) is 3.54. The molecule has 0 bridgehead atoms. The summed E-state index contributed by atoms with van der Waals surface area (Å²) in [7, 11) is 0. The van der Waals surface area contributed by atoms with Crippen LogP contribution < -0.4 is 14.2 Å². The van der Waals surface area contributed by atoms with E-state index in [9.17, 15) is 14.7 Å². The number of Topliss-reactive ketones (excluding diaryl/α,β-unsaturated/α-hetero) is 1. The van der Waals surface area contributed by atoms with Gasteiger partial charge in [0.25, 0.3) is 11.7 Å². The van der Waals surface area contributed by atoms with E-state index in [1.165, 1.54) is 4.90 Å². The highest BCUT2D eigenvalue weighted by atomic mass is 16.6. The maximum atomic E-state index is 13.3. The van der Waals surface area contributed by atoms with Crippen molar-refractivity contribution in [1.82, 2.24) is 14.5 Å². The van der Waals surface area contributed by atoms with Gasteiger partial charge in [0.1, 0.15) is 24.7 Å². The molecule has 0 aliphatic carbocycles. The molecule has 1 unspecified atom stereocenters. The van der Waals surface area contributed by atoms with Crippen molar-refractivity contribution in [2.45, 2.75) is 32.4 Å². The Balaban J connectivity index is 1.50. The third-order valence-electron chi connectivity index (χ3n) is 6.40. The molecule has 37 heavy (non-hydrogen) atoms. The number of aromatic nitrogens is 2. The summed E-state index contributed by atoms with van der Waals surface area (Å²) in [5, 5.41) is 11.4. The zero-order valence-electron chi connectivity index (χ0n) is 20.6. The van der Waals surface area contributed by atoms with Gasteiger partial charge < -0.3 is 28.8 Å². The first-order chi connectivity index (χ1) is 18.1. The molecule has 192 valence electrons. The van der Waals surface area contributed by atoms with Crippen LogP contribution in [0.4, 0.5) is 0 Å². The Kier molecular flexibility index (Phi) is 7.11. The Labute approximate surface area is 214 Å². The largest absolute Gasteiger partial charge is 0.507 e. The average molecular weight is 504 g/mol. The van der Waals surface area contributed by atoms with Crippen LogP contribution in [0.1, 0.15) is 36.9 Å². The van der Waals surface area contributed by atoms with Gasteiger partial charge >= 0.3 is 0 Å². The lowest BCUT2D eigenvalue weighted by Gasteiger charge is -2.26. The Bertz CT molecular complexity index is 1300. The normalized spacial score (nSPS) is 18.3. The number of benzene rings is 2. The van der Waals surface area contributed by atoms with Gasteiger partial charge in [0.15, 0.2) is 11.5 Å². The van der Waals surface area contributed by atoms with Crippen LogP contribution in [0.2, 0.25) is 0 Å². The summed E-state index contributed by atoms with van der Waals surface area (Å²) in [5.41, 5.74) is 1.14. The number of carbonyl (C=O) groups is 2. The molecule has 3 heterocycles. The van der Waals surface area contributed by atoms with E-state index in [0.717, 1.165) is 6.42 Å². The van der Waals surface area contributed by atoms with E-state index in [2.05, 4.69) is 4.98 Å². The zero-order chi connectivity index (χ0) is 25.8. The number of imidazole rings is 1. The summed E-state index contributed by atoms with van der Waals surface area (Å²) in [5.74, 6) is 0.159. The molecule has 0 radical (unpaired) electrons. The second-order valence-electron chi connectivity index (χ2n) is 8.92. The lowest BCUT2D eigenvalue weighted by atomic mass is 9.95. The topological polar surface area (TPSA) is 103 Å². The summed E-state index contributed by atoms with van der Waals surface area (Å²) in [6.07, 6.45) is 6.75. The summed E-state index contributed by atoms with van der Waals surface area (Å²) in [4.78, 5) is 32.1. The van der Waals surface area contributed by atoms with Gasteiger partial charge in [-0.15, -0.1) is 0 Å². The molecule has 0 saturated carbocycles. The van der Waals surface area contributed by atoms with E-state index < -0.39 is 17.7 Å². The quantitative estimate of drug-likeness (QED) is 0.268. The van der Waals surface area contributed by atoms with E-state index in [1.807, 2.05) is 42.0 Å². The van der Waals surface area contributed by atoms with E-state index in [1.54, 1.807) is 30.7 Å². The maximum absolute atomic E-state index is 13.3. The van der Waals surface area contributed by atoms with Crippen LogP contribution in [-0.2, 0) is 16.1 Å². The molecule has 3 aromatic rings. The van der Waals surface area contributed by atoms with Crippen LogP contribution in [0.3, 0.4) is 0 Å². The second kappa shape index (κ2) is 10.8. The number of aliphatic hydroxyl groups excluding tert-OH is 1. The number of nitrogens with zero attached hydrogens (tertiary/aromatic N) is 3. The van der Waals surface area contributed by atoms with Gasteiger partial charge in [0, 0.05) is 31.0 Å². The minimum atomic E-state index is -0.740. The number of amides is 1. The predicted molar refractivity (Wildman–Crippen MR) is 136 cm³/mol. The minimum absolute atomic E-state index is 0.0477. The standard InChI is InChI=1S/C28H29N3O6/c1-2-14-35-21-7-4-19(5-8-21)25-24(26(32)20-6-9-22-23(17-20)37-16-15-36-22)27(33)28(34)31(25)12-3-11-30-13-10-29-18-30/h4-10,13,17-18,25,32H,2-3,11-12,14-16H2,1H3/b26-24-. The molecule has 9 nitrogen and oxygen atoms in total. The zero-order valence-corrected chi connectivity index (χ0v) is 20.6. The summed E-state index contributed by atoms with van der Waals surface area (Å²) < 4.78 is 18.8. The number of likely N-dealkylation sites (tertiary alicyclic amines) is 1. The second-order valence-corrected chi connectivity index (χ2v) is 8.92. The number of hydrogen-bond acceptors (Lipinski definition) is 7. The van der Waals surface area contributed by atoms with Gasteiger partial charge in [-0.3, -0.25) is 9.59 Å². The molecule has 9 heteroatoms. The first-order valence-electron chi connectivity index (χ1n) is 12.4. The van der Waals surface area contributed by atoms with Crippen LogP contribution in [-0.4, -0.2) is 57.6 Å². The van der Waals surface area contributed by atoms with Crippen molar-refractivity contribution in [3.05, 3.63) is 77.9 Å². The first-order valence-corrected chi connectivity index (χ1v) is 12.4. The number of carbonyl (C=O) groups excluding carboxylic acids is 2. The maximum Gasteiger partial charge on any atom is 0.295 e. The predicted octanol–water partition coefficient (Wildman–Crippen LogP) is 3.96. The van der Waals surface area contributed by atoms with E-state index >= 15 is 0 Å². The summed E-state index contributed by atoms with van der Waals surface area (Å²) in [6.45, 7) is 4.44. The summed E-state index contributed by atoms with van der Waals surface area (Å²) >= 11 is 0. The number of aliphatic hydroxyl groups is 1. The Morgan fingerprint density at radius 1 is 1.08 bits per heavy atom. The van der Waals surface area contributed by atoms with Gasteiger partial charge in [0.05, 0.1) is 24.5 Å². The van der Waals surface area contributed by atoms with Crippen molar-refractivity contribution in [1.29, 1.82) is 0 Å². The van der Waals surface area contributed by atoms with Gasteiger partial charge in [-0.2, -0.15) is 0 Å². The molecule has 0 spiro atoms. The van der Waals surface area contributed by atoms with Gasteiger partial charge in [-0.25, -0.2) is 4.98 Å². The van der Waals surface area contributed by atoms with Crippen molar-refractivity contribution in [2.75, 3.05) is 26.4 Å². The monoisotopic (exact) mass is 503 g/mol. The molecule has 1 aromatic heterocycles. The molecular weight excluding hydrogens is 474 g/mol. The van der Waals surface area contributed by atoms with Crippen molar-refractivity contribution < 1.29 is 28.9 Å². The van der Waals surface area contributed by atoms with Crippen molar-refractivity contribution in [3.8, 4) is 17.2 Å². The fourth-order valence-electron chi connectivity index (χ4n) is 4.61. The fourth-order valence-corrected chi connectivity index (χ4v) is 4.61. The van der Waals surface area contributed by atoms with Crippen molar-refractivity contribution in [2.24, 2.45) is 0 Å². The van der Waals surface area contributed by atoms with Crippen LogP contribution >= 0.6 is 0 Å². The Morgan fingerprint density at radius 2 is 1.86 bits per heavy atom. The minimum Gasteiger partial charge on any atom is -0.507 e. The molecule has 2 aliphatic rings. The number of ketones is 1. The van der Waals surface area contributed by atoms with Gasteiger partial charge in [-0.1, -0.05) is 19.1 Å². The number of hydrogen-bond donors (Lipinski definition) is 1. The molecule has 1 atom stereocenters. The van der Waals surface area contributed by atoms with Gasteiger partial charge in [-0.05, 0) is 48.7 Å². The molecule has 2 aliphatic heterocycles. The van der Waals surface area contributed by atoms with Crippen LogP contribution in [0.25, 0.3) is 5.76 Å². The van der Waals surface area contributed by atoms with Crippen molar-refractivity contribution in [3.63, 3.8) is 0 Å². The van der Waals surface area contributed by atoms with Gasteiger partial charge in [0.2, 0.25) is 0 Å². The Morgan fingerprint density at radius 3 is 2.59 bits per heavy atom. The number of fused-ring (bicyclic) bond motifs is 1. The van der Waals surface area contributed by atoms with Crippen LogP contribution in [0.15, 0.2) is 66.8 Å². The van der Waals surface area contributed by atoms with E-state index in [0.29, 0.717) is 67.7 Å². The Hall–Kier alpha value is -4.27. The third-order valence-corrected chi connectivity index (χ3v) is 6.40.